The molecule has 0 fully saturated rings. The topological polar surface area (TPSA) is 91.4 Å². The molecule has 41 heavy (non-hydrogen) atoms. The SMILES string of the molecule is CC1=C(C#N)c2nc(N)c(C#N)c(C)c2/C1=C/c1cc(-c2ccccc2)n(-c2ccc(Br)cc2)c1-c1ccccc1. The summed E-state index contributed by atoms with van der Waals surface area (Å²) in [6.07, 6.45) is 2.12. The number of hydrogen-bond donors (Lipinski definition) is 1. The Morgan fingerprint density at radius 1 is 0.854 bits per heavy atom. The van der Waals surface area contributed by atoms with Crippen molar-refractivity contribution < 1.29 is 0 Å². The van der Waals surface area contributed by atoms with E-state index in [0.29, 0.717) is 16.8 Å². The van der Waals surface area contributed by atoms with Crippen molar-refractivity contribution in [3.05, 3.63) is 129 Å². The maximum Gasteiger partial charge on any atom is 0.142 e. The van der Waals surface area contributed by atoms with Crippen LogP contribution in [0.4, 0.5) is 5.82 Å². The van der Waals surface area contributed by atoms with Crippen LogP contribution in [0, 0.1) is 29.6 Å². The number of nitriles is 2. The van der Waals surface area contributed by atoms with Crippen LogP contribution in [-0.2, 0) is 0 Å². The summed E-state index contributed by atoms with van der Waals surface area (Å²) in [5.41, 5.74) is 16.8. The van der Waals surface area contributed by atoms with E-state index in [2.05, 4.69) is 86.2 Å². The first-order valence-electron chi connectivity index (χ1n) is 13.1. The van der Waals surface area contributed by atoms with Gasteiger partial charge in [0.2, 0.25) is 0 Å². The van der Waals surface area contributed by atoms with E-state index in [1.54, 1.807) is 0 Å². The largest absolute Gasteiger partial charge is 0.383 e. The van der Waals surface area contributed by atoms with Crippen LogP contribution in [-0.4, -0.2) is 9.55 Å². The van der Waals surface area contributed by atoms with E-state index in [1.807, 2.05) is 62.4 Å². The summed E-state index contributed by atoms with van der Waals surface area (Å²) >= 11 is 3.58. The van der Waals surface area contributed by atoms with Crippen molar-refractivity contribution in [3.8, 4) is 40.3 Å². The number of anilines is 1. The smallest absolute Gasteiger partial charge is 0.142 e. The molecule has 1 aliphatic rings. The van der Waals surface area contributed by atoms with Crippen LogP contribution in [0.3, 0.4) is 0 Å². The minimum atomic E-state index is 0.142. The number of fused-ring (bicyclic) bond motifs is 1. The Kier molecular flexibility index (Phi) is 6.63. The Labute approximate surface area is 247 Å². The van der Waals surface area contributed by atoms with Gasteiger partial charge in [-0.25, -0.2) is 4.98 Å². The molecule has 0 spiro atoms. The maximum absolute atomic E-state index is 10.1. The summed E-state index contributed by atoms with van der Waals surface area (Å²) in [5.74, 6) is 0.142. The number of halogens is 1. The van der Waals surface area contributed by atoms with Crippen LogP contribution in [0.5, 0.6) is 0 Å². The van der Waals surface area contributed by atoms with Crippen LogP contribution in [0.1, 0.15) is 34.9 Å². The molecule has 196 valence electrons. The molecule has 0 amide bonds. The fraction of sp³-hybridized carbons (Fsp3) is 0.0571. The number of nitrogens with two attached hydrogens (primary N) is 1. The molecule has 5 nitrogen and oxygen atoms in total. The van der Waals surface area contributed by atoms with E-state index in [1.165, 1.54) is 0 Å². The third-order valence-electron chi connectivity index (χ3n) is 7.52. The fourth-order valence-corrected chi connectivity index (χ4v) is 5.83. The molecule has 2 heterocycles. The molecule has 3 aromatic carbocycles. The van der Waals surface area contributed by atoms with Crippen molar-refractivity contribution in [2.45, 2.75) is 13.8 Å². The number of pyridine rings is 1. The number of nitrogens with zero attached hydrogens (tertiary/aromatic N) is 4. The normalized spacial score (nSPS) is 13.2. The Morgan fingerprint density at radius 3 is 2.10 bits per heavy atom. The van der Waals surface area contributed by atoms with Gasteiger partial charge >= 0.3 is 0 Å². The van der Waals surface area contributed by atoms with Gasteiger partial charge in [0.25, 0.3) is 0 Å². The monoisotopic (exact) mass is 593 g/mol. The lowest BCUT2D eigenvalue weighted by Crippen LogP contribution is -2.04. The van der Waals surface area contributed by atoms with E-state index in [0.717, 1.165) is 60.5 Å². The maximum atomic E-state index is 10.1. The van der Waals surface area contributed by atoms with Crippen LogP contribution in [0.2, 0.25) is 0 Å². The highest BCUT2D eigenvalue weighted by Crippen LogP contribution is 2.46. The molecule has 0 atom stereocenters. The number of rotatable bonds is 4. The average molecular weight is 595 g/mol. The Morgan fingerprint density at radius 2 is 1.49 bits per heavy atom. The van der Waals surface area contributed by atoms with E-state index in [4.69, 9.17) is 5.73 Å². The zero-order valence-electron chi connectivity index (χ0n) is 22.5. The van der Waals surface area contributed by atoms with Gasteiger partial charge in [-0.3, -0.25) is 0 Å². The zero-order valence-corrected chi connectivity index (χ0v) is 24.1. The van der Waals surface area contributed by atoms with Crippen molar-refractivity contribution in [2.75, 3.05) is 5.73 Å². The quantitative estimate of drug-likeness (QED) is 0.226. The van der Waals surface area contributed by atoms with Gasteiger partial charge in [0, 0.05) is 21.3 Å². The summed E-state index contributed by atoms with van der Waals surface area (Å²) in [4.78, 5) is 4.51. The second kappa shape index (κ2) is 10.4. The lowest BCUT2D eigenvalue weighted by Gasteiger charge is -2.16. The Balaban J connectivity index is 1.72. The van der Waals surface area contributed by atoms with Crippen LogP contribution in [0.25, 0.3) is 45.4 Å². The van der Waals surface area contributed by atoms with Crippen LogP contribution < -0.4 is 5.73 Å². The molecule has 0 radical (unpaired) electrons. The highest BCUT2D eigenvalue weighted by atomic mass is 79.9. The van der Waals surface area contributed by atoms with E-state index in [-0.39, 0.29) is 5.82 Å². The standard InChI is InChI=1S/C35H24BrN5/c1-21-28(32-22(2)30(20-38)35(39)40-33(32)29(21)19-37)17-25-18-31(23-9-5-3-6-10-23)41(27-15-13-26(36)14-16-27)34(25)24-11-7-4-8-12-24/h3-18H,1-2H3,(H2,39,40)/b28-17+. The van der Waals surface area contributed by atoms with E-state index in [9.17, 15) is 10.5 Å². The highest BCUT2D eigenvalue weighted by Gasteiger charge is 2.30. The molecule has 1 aliphatic carbocycles. The van der Waals surface area contributed by atoms with Crippen molar-refractivity contribution in [3.63, 3.8) is 0 Å². The summed E-state index contributed by atoms with van der Waals surface area (Å²) < 4.78 is 3.28. The van der Waals surface area contributed by atoms with Gasteiger partial charge in [0.05, 0.1) is 28.2 Å². The molecule has 5 aromatic rings. The minimum Gasteiger partial charge on any atom is -0.383 e. The van der Waals surface area contributed by atoms with E-state index < -0.39 is 0 Å². The van der Waals surface area contributed by atoms with Crippen molar-refractivity contribution >= 4 is 39.0 Å². The number of allylic oxidation sites excluding steroid dienone is 3. The van der Waals surface area contributed by atoms with Gasteiger partial charge < -0.3 is 10.3 Å². The minimum absolute atomic E-state index is 0.142. The fourth-order valence-electron chi connectivity index (χ4n) is 5.56. The second-order valence-electron chi connectivity index (χ2n) is 9.88. The third-order valence-corrected chi connectivity index (χ3v) is 8.04. The van der Waals surface area contributed by atoms with Gasteiger partial charge in [-0.05, 0) is 78.1 Å². The van der Waals surface area contributed by atoms with Gasteiger partial charge in [0.15, 0.2) is 0 Å². The molecular formula is C35H24BrN5. The molecule has 0 bridgehead atoms. The van der Waals surface area contributed by atoms with E-state index >= 15 is 0 Å². The average Bonchev–Trinajstić information content (AvgIpc) is 3.49. The molecule has 2 aromatic heterocycles. The molecule has 6 heteroatoms. The van der Waals surface area contributed by atoms with Crippen LogP contribution in [0.15, 0.2) is 101 Å². The lowest BCUT2D eigenvalue weighted by molar-refractivity contribution is 1.09. The predicted octanol–water partition coefficient (Wildman–Crippen LogP) is 8.58. The molecule has 2 N–H and O–H groups in total. The zero-order chi connectivity index (χ0) is 28.7. The number of benzene rings is 3. The van der Waals surface area contributed by atoms with Gasteiger partial charge in [-0.2, -0.15) is 10.5 Å². The number of hydrogen-bond acceptors (Lipinski definition) is 4. The molecule has 0 saturated heterocycles. The summed E-state index contributed by atoms with van der Waals surface area (Å²) in [7, 11) is 0. The molecule has 0 saturated carbocycles. The van der Waals surface area contributed by atoms with Crippen LogP contribution >= 0.6 is 15.9 Å². The first-order chi connectivity index (χ1) is 19.9. The van der Waals surface area contributed by atoms with Crippen molar-refractivity contribution in [2.24, 2.45) is 0 Å². The summed E-state index contributed by atoms with van der Waals surface area (Å²) in [5, 5.41) is 19.9. The van der Waals surface area contributed by atoms with Gasteiger partial charge in [-0.1, -0.05) is 76.6 Å². The van der Waals surface area contributed by atoms with Gasteiger partial charge in [-0.15, -0.1) is 0 Å². The third kappa shape index (κ3) is 4.36. The first kappa shape index (κ1) is 26.1. The first-order valence-corrected chi connectivity index (χ1v) is 13.9. The Bertz CT molecular complexity index is 1970. The lowest BCUT2D eigenvalue weighted by atomic mass is 9.95. The second-order valence-corrected chi connectivity index (χ2v) is 10.8. The summed E-state index contributed by atoms with van der Waals surface area (Å²) in [6.45, 7) is 3.80. The molecular weight excluding hydrogens is 570 g/mol. The molecule has 6 rings (SSSR count). The Hall–Kier alpha value is -5.17. The summed E-state index contributed by atoms with van der Waals surface area (Å²) in [6, 6.07) is 35.6. The number of nitrogen functional groups attached to an aromatic ring is 1. The molecule has 0 unspecified atom stereocenters. The highest BCUT2D eigenvalue weighted by molar-refractivity contribution is 9.10. The van der Waals surface area contributed by atoms with Gasteiger partial charge in [0.1, 0.15) is 18.0 Å². The molecule has 0 aliphatic heterocycles. The number of aromatic nitrogens is 2. The van der Waals surface area contributed by atoms with Crippen molar-refractivity contribution in [1.29, 1.82) is 10.5 Å². The van der Waals surface area contributed by atoms with Crippen molar-refractivity contribution in [1.82, 2.24) is 9.55 Å². The predicted molar refractivity (Wildman–Crippen MR) is 169 cm³/mol.